The van der Waals surface area contributed by atoms with Crippen molar-refractivity contribution in [3.05, 3.63) is 34.3 Å². The molecule has 0 aromatic heterocycles. The molecule has 0 N–H and O–H groups in total. The van der Waals surface area contributed by atoms with E-state index in [4.69, 9.17) is 16.3 Å². The summed E-state index contributed by atoms with van der Waals surface area (Å²) in [5, 5.41) is 0.878. The molecular weight excluding hydrogens is 172 g/mol. The molecule has 0 aliphatic carbocycles. The molecule has 1 aromatic carbocycles. The van der Waals surface area contributed by atoms with E-state index in [2.05, 4.69) is 13.0 Å². The largest absolute Gasteiger partial charge is 0.376 e. The summed E-state index contributed by atoms with van der Waals surface area (Å²) < 4.78 is 5.40. The summed E-state index contributed by atoms with van der Waals surface area (Å²) >= 11 is 6.08. The van der Waals surface area contributed by atoms with Crippen LogP contribution in [0.5, 0.6) is 0 Å². The van der Waals surface area contributed by atoms with Crippen LogP contribution in [0.1, 0.15) is 24.0 Å². The van der Waals surface area contributed by atoms with E-state index in [1.807, 2.05) is 12.1 Å². The average molecular weight is 183 g/mol. The van der Waals surface area contributed by atoms with Gasteiger partial charge in [-0.05, 0) is 17.2 Å². The maximum absolute atomic E-state index is 6.08. The van der Waals surface area contributed by atoms with E-state index < -0.39 is 0 Å². The quantitative estimate of drug-likeness (QED) is 0.600. The number of benzene rings is 1. The standard InChI is InChI=1S/C10H11ClO/c1-7-5-12-6-8-3-2-4-9(11)10(7)8/h2-4,7H,5-6H2,1H3/t7-/m1/s1. The van der Waals surface area contributed by atoms with Crippen LogP contribution in [0.3, 0.4) is 0 Å². The highest BCUT2D eigenvalue weighted by Crippen LogP contribution is 2.31. The van der Waals surface area contributed by atoms with Gasteiger partial charge in [0, 0.05) is 10.9 Å². The smallest absolute Gasteiger partial charge is 0.0720 e. The van der Waals surface area contributed by atoms with Gasteiger partial charge in [-0.2, -0.15) is 0 Å². The molecule has 1 aliphatic rings. The molecule has 12 heavy (non-hydrogen) atoms. The van der Waals surface area contributed by atoms with Crippen LogP contribution in [0.2, 0.25) is 5.02 Å². The third-order valence-corrected chi connectivity index (χ3v) is 2.59. The zero-order valence-electron chi connectivity index (χ0n) is 7.01. The van der Waals surface area contributed by atoms with Crippen LogP contribution in [0.15, 0.2) is 18.2 Å². The van der Waals surface area contributed by atoms with Gasteiger partial charge in [0.25, 0.3) is 0 Å². The Hall–Kier alpha value is -0.530. The molecule has 0 amide bonds. The van der Waals surface area contributed by atoms with Crippen LogP contribution in [-0.2, 0) is 11.3 Å². The Labute approximate surface area is 77.3 Å². The highest BCUT2D eigenvalue weighted by molar-refractivity contribution is 6.31. The molecule has 0 unspecified atom stereocenters. The van der Waals surface area contributed by atoms with Gasteiger partial charge in [0.15, 0.2) is 0 Å². The molecule has 0 saturated heterocycles. The minimum Gasteiger partial charge on any atom is -0.376 e. The zero-order chi connectivity index (χ0) is 8.55. The van der Waals surface area contributed by atoms with E-state index in [0.29, 0.717) is 12.5 Å². The lowest BCUT2D eigenvalue weighted by atomic mass is 9.95. The Kier molecular flexibility index (Phi) is 2.07. The highest BCUT2D eigenvalue weighted by Gasteiger charge is 2.18. The summed E-state index contributed by atoms with van der Waals surface area (Å²) in [6.07, 6.45) is 0. The first-order valence-electron chi connectivity index (χ1n) is 4.14. The van der Waals surface area contributed by atoms with Crippen molar-refractivity contribution >= 4 is 11.6 Å². The average Bonchev–Trinajstić information content (AvgIpc) is 2.04. The Morgan fingerprint density at radius 3 is 3.08 bits per heavy atom. The van der Waals surface area contributed by atoms with Crippen LogP contribution in [0.25, 0.3) is 0 Å². The van der Waals surface area contributed by atoms with Gasteiger partial charge in [-0.15, -0.1) is 0 Å². The van der Waals surface area contributed by atoms with E-state index in [-0.39, 0.29) is 0 Å². The van der Waals surface area contributed by atoms with Crippen molar-refractivity contribution < 1.29 is 4.74 Å². The van der Waals surface area contributed by atoms with Gasteiger partial charge >= 0.3 is 0 Å². The molecule has 1 aliphatic heterocycles. The predicted octanol–water partition coefficient (Wildman–Crippen LogP) is 2.97. The summed E-state index contributed by atoms with van der Waals surface area (Å²) in [5.41, 5.74) is 2.51. The minimum absolute atomic E-state index is 0.433. The van der Waals surface area contributed by atoms with Crippen molar-refractivity contribution in [1.82, 2.24) is 0 Å². The highest BCUT2D eigenvalue weighted by atomic mass is 35.5. The zero-order valence-corrected chi connectivity index (χ0v) is 7.77. The van der Waals surface area contributed by atoms with Gasteiger partial charge in [0.05, 0.1) is 13.2 Å². The third-order valence-electron chi connectivity index (χ3n) is 2.26. The number of ether oxygens (including phenoxy) is 1. The van der Waals surface area contributed by atoms with Crippen LogP contribution < -0.4 is 0 Å². The molecule has 2 heteroatoms. The fourth-order valence-electron chi connectivity index (χ4n) is 1.69. The van der Waals surface area contributed by atoms with E-state index in [1.54, 1.807) is 0 Å². The van der Waals surface area contributed by atoms with Crippen molar-refractivity contribution in [2.75, 3.05) is 6.61 Å². The molecule has 0 saturated carbocycles. The predicted molar refractivity (Wildman–Crippen MR) is 49.5 cm³/mol. The first-order chi connectivity index (χ1) is 5.79. The minimum atomic E-state index is 0.433. The van der Waals surface area contributed by atoms with Crippen molar-refractivity contribution in [1.29, 1.82) is 0 Å². The van der Waals surface area contributed by atoms with Gasteiger partial charge in [-0.25, -0.2) is 0 Å². The lowest BCUT2D eigenvalue weighted by Crippen LogP contribution is -2.14. The molecule has 1 heterocycles. The lowest BCUT2D eigenvalue weighted by Gasteiger charge is -2.23. The van der Waals surface area contributed by atoms with Crippen LogP contribution in [0, 0.1) is 0 Å². The van der Waals surface area contributed by atoms with Gasteiger partial charge in [-0.1, -0.05) is 30.7 Å². The molecule has 1 nitrogen and oxygen atoms in total. The molecule has 2 rings (SSSR count). The SMILES string of the molecule is C[C@@H]1COCc2cccc(Cl)c21. The maximum atomic E-state index is 6.08. The van der Waals surface area contributed by atoms with Crippen LogP contribution in [-0.4, -0.2) is 6.61 Å². The fourth-order valence-corrected chi connectivity index (χ4v) is 2.07. The number of fused-ring (bicyclic) bond motifs is 1. The molecule has 0 spiro atoms. The molecule has 0 fully saturated rings. The van der Waals surface area contributed by atoms with Crippen LogP contribution >= 0.6 is 11.6 Å². The Balaban J connectivity index is 2.53. The second-order valence-corrected chi connectivity index (χ2v) is 3.64. The molecular formula is C10H11ClO. The second kappa shape index (κ2) is 3.08. The van der Waals surface area contributed by atoms with Crippen molar-refractivity contribution in [2.24, 2.45) is 0 Å². The van der Waals surface area contributed by atoms with Gasteiger partial charge in [0.2, 0.25) is 0 Å². The van der Waals surface area contributed by atoms with E-state index >= 15 is 0 Å². The topological polar surface area (TPSA) is 9.23 Å². The number of halogens is 1. The molecule has 1 atom stereocenters. The molecule has 0 radical (unpaired) electrons. The van der Waals surface area contributed by atoms with Crippen molar-refractivity contribution in [3.8, 4) is 0 Å². The maximum Gasteiger partial charge on any atom is 0.0720 e. The van der Waals surface area contributed by atoms with Crippen molar-refractivity contribution in [2.45, 2.75) is 19.4 Å². The number of hydrogen-bond acceptors (Lipinski definition) is 1. The normalized spacial score (nSPS) is 22.0. The summed E-state index contributed by atoms with van der Waals surface area (Å²) in [5.74, 6) is 0.433. The van der Waals surface area contributed by atoms with E-state index in [9.17, 15) is 0 Å². The Morgan fingerprint density at radius 2 is 2.33 bits per heavy atom. The Bertz CT molecular complexity index is 296. The Morgan fingerprint density at radius 1 is 1.50 bits per heavy atom. The van der Waals surface area contributed by atoms with E-state index in [1.165, 1.54) is 11.1 Å². The van der Waals surface area contributed by atoms with Gasteiger partial charge < -0.3 is 4.74 Å². The third kappa shape index (κ3) is 1.23. The summed E-state index contributed by atoms with van der Waals surface area (Å²) in [6.45, 7) is 3.64. The summed E-state index contributed by atoms with van der Waals surface area (Å²) in [6, 6.07) is 6.00. The first kappa shape index (κ1) is 8.09. The van der Waals surface area contributed by atoms with Gasteiger partial charge in [0.1, 0.15) is 0 Å². The van der Waals surface area contributed by atoms with Crippen LogP contribution in [0.4, 0.5) is 0 Å². The molecule has 64 valence electrons. The van der Waals surface area contributed by atoms with E-state index in [0.717, 1.165) is 11.6 Å². The summed E-state index contributed by atoms with van der Waals surface area (Å²) in [4.78, 5) is 0. The monoisotopic (exact) mass is 182 g/mol. The fraction of sp³-hybridized carbons (Fsp3) is 0.400. The number of hydrogen-bond donors (Lipinski definition) is 0. The number of rotatable bonds is 0. The molecule has 1 aromatic rings. The van der Waals surface area contributed by atoms with Gasteiger partial charge in [-0.3, -0.25) is 0 Å². The second-order valence-electron chi connectivity index (χ2n) is 3.23. The summed E-state index contributed by atoms with van der Waals surface area (Å²) in [7, 11) is 0. The first-order valence-corrected chi connectivity index (χ1v) is 4.52. The lowest BCUT2D eigenvalue weighted by molar-refractivity contribution is 0.0951. The molecule has 0 bridgehead atoms. The van der Waals surface area contributed by atoms with Crippen molar-refractivity contribution in [3.63, 3.8) is 0 Å².